The Morgan fingerprint density at radius 3 is 2.86 bits per heavy atom. The third kappa shape index (κ3) is 2.05. The molecule has 0 atom stereocenters. The maximum Gasteiger partial charge on any atom is 0.0328 e. The van der Waals surface area contributed by atoms with Crippen LogP contribution in [0.3, 0.4) is 0 Å². The summed E-state index contributed by atoms with van der Waals surface area (Å²) in [4.78, 5) is 0. The number of benzene rings is 1. The van der Waals surface area contributed by atoms with Crippen molar-refractivity contribution in [3.8, 4) is 0 Å². The van der Waals surface area contributed by atoms with E-state index in [9.17, 15) is 0 Å². The fourth-order valence-electron chi connectivity index (χ4n) is 1.65. The Kier molecular flexibility index (Phi) is 2.68. The van der Waals surface area contributed by atoms with Crippen molar-refractivity contribution in [3.05, 3.63) is 59.3 Å². The molecule has 0 aliphatic carbocycles. The van der Waals surface area contributed by atoms with Gasteiger partial charge in [0.05, 0.1) is 0 Å². The zero-order valence-corrected chi connectivity index (χ0v) is 8.46. The molecule has 0 saturated carbocycles. The third-order valence-electron chi connectivity index (χ3n) is 2.51. The van der Waals surface area contributed by atoms with Crippen molar-refractivity contribution < 1.29 is 0 Å². The van der Waals surface area contributed by atoms with Gasteiger partial charge < -0.3 is 5.32 Å². The second-order valence-corrected chi connectivity index (χ2v) is 3.63. The molecular weight excluding hydrogens is 170 g/mol. The van der Waals surface area contributed by atoms with Crippen LogP contribution in [0.25, 0.3) is 0 Å². The van der Waals surface area contributed by atoms with Crippen LogP contribution >= 0.6 is 0 Å². The average Bonchev–Trinajstić information content (AvgIpc) is 2.23. The lowest BCUT2D eigenvalue weighted by molar-refractivity contribution is 0.937. The fraction of sp³-hybridized carbons (Fsp3) is 0.231. The second kappa shape index (κ2) is 4.14. The molecule has 72 valence electrons. The lowest BCUT2D eigenvalue weighted by Crippen LogP contribution is -2.10. The molecule has 14 heavy (non-hydrogen) atoms. The maximum absolute atomic E-state index is 3.23. The second-order valence-electron chi connectivity index (χ2n) is 3.63. The standard InChI is InChI=1S/C13H15N/c1-11-5-2-3-7-13(11)9-12-6-4-8-14-10-12/h2-7,10,14H,8-9H2,1H3. The Labute approximate surface area is 85.2 Å². The highest BCUT2D eigenvalue weighted by atomic mass is 14.8. The van der Waals surface area contributed by atoms with Crippen molar-refractivity contribution in [2.75, 3.05) is 6.54 Å². The SMILES string of the molecule is Cc1ccccc1CC1=CNCC=C1. The van der Waals surface area contributed by atoms with Crippen LogP contribution < -0.4 is 5.32 Å². The normalized spacial score (nSPS) is 14.8. The van der Waals surface area contributed by atoms with Gasteiger partial charge in [0.1, 0.15) is 0 Å². The maximum atomic E-state index is 3.23. The number of dihydropyridines is 1. The highest BCUT2D eigenvalue weighted by Gasteiger charge is 2.01. The van der Waals surface area contributed by atoms with Gasteiger partial charge in [0.25, 0.3) is 0 Å². The first-order valence-electron chi connectivity index (χ1n) is 5.00. The average molecular weight is 185 g/mol. The fourth-order valence-corrected chi connectivity index (χ4v) is 1.65. The predicted octanol–water partition coefficient (Wildman–Crippen LogP) is 2.58. The van der Waals surface area contributed by atoms with Crippen LogP contribution in [0.4, 0.5) is 0 Å². The zero-order chi connectivity index (χ0) is 9.80. The van der Waals surface area contributed by atoms with Crippen molar-refractivity contribution in [1.29, 1.82) is 0 Å². The minimum atomic E-state index is 0.956. The lowest BCUT2D eigenvalue weighted by atomic mass is 10.0. The van der Waals surface area contributed by atoms with E-state index in [2.05, 4.69) is 54.9 Å². The minimum Gasteiger partial charge on any atom is -0.387 e. The summed E-state index contributed by atoms with van der Waals surface area (Å²) in [6, 6.07) is 8.54. The van der Waals surface area contributed by atoms with E-state index >= 15 is 0 Å². The first-order chi connectivity index (χ1) is 6.86. The van der Waals surface area contributed by atoms with Crippen molar-refractivity contribution >= 4 is 0 Å². The van der Waals surface area contributed by atoms with Gasteiger partial charge in [0.2, 0.25) is 0 Å². The highest BCUT2D eigenvalue weighted by Crippen LogP contribution is 2.14. The molecule has 1 aromatic carbocycles. The van der Waals surface area contributed by atoms with Gasteiger partial charge in [-0.05, 0) is 30.0 Å². The summed E-state index contributed by atoms with van der Waals surface area (Å²) in [6.45, 7) is 3.12. The Hall–Kier alpha value is -1.50. The third-order valence-corrected chi connectivity index (χ3v) is 2.51. The Bertz CT molecular complexity index is 375. The summed E-state index contributed by atoms with van der Waals surface area (Å²) >= 11 is 0. The number of nitrogens with one attached hydrogen (secondary N) is 1. The summed E-state index contributed by atoms with van der Waals surface area (Å²) in [5.41, 5.74) is 4.13. The largest absolute Gasteiger partial charge is 0.387 e. The zero-order valence-electron chi connectivity index (χ0n) is 8.46. The predicted molar refractivity (Wildman–Crippen MR) is 60.1 cm³/mol. The van der Waals surface area contributed by atoms with E-state index in [1.807, 2.05) is 0 Å². The smallest absolute Gasteiger partial charge is 0.0328 e. The van der Waals surface area contributed by atoms with Crippen molar-refractivity contribution in [1.82, 2.24) is 5.32 Å². The number of hydrogen-bond acceptors (Lipinski definition) is 1. The van der Waals surface area contributed by atoms with E-state index in [1.165, 1.54) is 16.7 Å². The molecule has 0 saturated heterocycles. The number of allylic oxidation sites excluding steroid dienone is 2. The van der Waals surface area contributed by atoms with Gasteiger partial charge in [-0.3, -0.25) is 0 Å². The first-order valence-corrected chi connectivity index (χ1v) is 5.00. The molecule has 0 amide bonds. The summed E-state index contributed by atoms with van der Waals surface area (Å²) in [5.74, 6) is 0. The van der Waals surface area contributed by atoms with Crippen LogP contribution in [0.15, 0.2) is 48.2 Å². The summed E-state index contributed by atoms with van der Waals surface area (Å²) in [5, 5.41) is 3.23. The van der Waals surface area contributed by atoms with Crippen LogP contribution in [0, 0.1) is 6.92 Å². The number of hydrogen-bond donors (Lipinski definition) is 1. The monoisotopic (exact) mass is 185 g/mol. The molecule has 0 bridgehead atoms. The molecular formula is C13H15N. The number of rotatable bonds is 2. The van der Waals surface area contributed by atoms with Crippen molar-refractivity contribution in [2.24, 2.45) is 0 Å². The van der Waals surface area contributed by atoms with Gasteiger partial charge in [0, 0.05) is 12.7 Å². The molecule has 1 aliphatic heterocycles. The quantitative estimate of drug-likeness (QED) is 0.746. The lowest BCUT2D eigenvalue weighted by Gasteiger charge is -2.10. The Balaban J connectivity index is 2.14. The van der Waals surface area contributed by atoms with E-state index in [0.29, 0.717) is 0 Å². The van der Waals surface area contributed by atoms with E-state index in [4.69, 9.17) is 0 Å². The molecule has 1 heteroatoms. The van der Waals surface area contributed by atoms with E-state index in [0.717, 1.165) is 13.0 Å². The van der Waals surface area contributed by atoms with Crippen LogP contribution in [0.1, 0.15) is 11.1 Å². The molecule has 1 aliphatic rings. The molecule has 0 radical (unpaired) electrons. The minimum absolute atomic E-state index is 0.956. The van der Waals surface area contributed by atoms with Crippen LogP contribution in [0.2, 0.25) is 0 Å². The Morgan fingerprint density at radius 2 is 2.14 bits per heavy atom. The van der Waals surface area contributed by atoms with Gasteiger partial charge in [-0.2, -0.15) is 0 Å². The van der Waals surface area contributed by atoms with Crippen molar-refractivity contribution in [2.45, 2.75) is 13.3 Å². The van der Waals surface area contributed by atoms with Gasteiger partial charge in [-0.25, -0.2) is 0 Å². The van der Waals surface area contributed by atoms with Crippen molar-refractivity contribution in [3.63, 3.8) is 0 Å². The molecule has 1 nitrogen and oxygen atoms in total. The topological polar surface area (TPSA) is 12.0 Å². The van der Waals surface area contributed by atoms with Crippen LogP contribution in [-0.4, -0.2) is 6.54 Å². The van der Waals surface area contributed by atoms with Gasteiger partial charge in [-0.1, -0.05) is 36.4 Å². The number of aryl methyl sites for hydroxylation is 1. The van der Waals surface area contributed by atoms with Gasteiger partial charge in [-0.15, -0.1) is 0 Å². The van der Waals surface area contributed by atoms with E-state index in [1.54, 1.807) is 0 Å². The van der Waals surface area contributed by atoms with Crippen LogP contribution in [0.5, 0.6) is 0 Å². The molecule has 0 aromatic heterocycles. The molecule has 1 N–H and O–H groups in total. The van der Waals surface area contributed by atoms with Gasteiger partial charge in [0.15, 0.2) is 0 Å². The highest BCUT2D eigenvalue weighted by molar-refractivity contribution is 5.34. The van der Waals surface area contributed by atoms with E-state index < -0.39 is 0 Å². The molecule has 1 aromatic rings. The van der Waals surface area contributed by atoms with Gasteiger partial charge >= 0.3 is 0 Å². The summed E-state index contributed by atoms with van der Waals surface area (Å²) < 4.78 is 0. The molecule has 0 fully saturated rings. The first kappa shape index (κ1) is 9.07. The molecule has 2 rings (SSSR count). The summed E-state index contributed by atoms with van der Waals surface area (Å²) in [6.07, 6.45) is 7.49. The van der Waals surface area contributed by atoms with E-state index in [-0.39, 0.29) is 0 Å². The Morgan fingerprint density at radius 1 is 1.29 bits per heavy atom. The molecule has 0 spiro atoms. The van der Waals surface area contributed by atoms with Crippen LogP contribution in [-0.2, 0) is 6.42 Å². The summed E-state index contributed by atoms with van der Waals surface area (Å²) in [7, 11) is 0. The molecule has 0 unspecified atom stereocenters. The molecule has 1 heterocycles.